The van der Waals surface area contributed by atoms with Crippen LogP contribution < -0.4 is 0 Å². The number of halogens is 8. The third-order valence-electron chi connectivity index (χ3n) is 0.690. The van der Waals surface area contributed by atoms with Gasteiger partial charge >= 0.3 is 10.8 Å². The largest absolute Gasteiger partial charge is 0.445 e. The van der Waals surface area contributed by atoms with Gasteiger partial charge in [-0.2, -0.15) is 22.0 Å². The van der Waals surface area contributed by atoms with Gasteiger partial charge in [-0.05, 0) is 0 Å². The van der Waals surface area contributed by atoms with Crippen LogP contribution in [0.2, 0.25) is 0 Å². The Labute approximate surface area is 72.7 Å². The molecule has 0 aliphatic carbocycles. The summed E-state index contributed by atoms with van der Waals surface area (Å²) in [6.07, 6.45) is -5.63. The maximum absolute atomic E-state index is 11.9. The van der Waals surface area contributed by atoms with Crippen molar-refractivity contribution in [3.05, 3.63) is 11.7 Å². The summed E-state index contributed by atoms with van der Waals surface area (Å²) in [5, 5.41) is 0. The maximum Gasteiger partial charge on any atom is 0.445 e. The zero-order valence-electron chi connectivity index (χ0n) is 5.02. The molecule has 0 aliphatic rings. The van der Waals surface area contributed by atoms with Crippen LogP contribution in [0.5, 0.6) is 0 Å². The molecule has 0 aromatic carbocycles. The third-order valence-corrected chi connectivity index (χ3v) is 1.02. The molecule has 0 nitrogen and oxygen atoms in total. The van der Waals surface area contributed by atoms with Crippen molar-refractivity contribution in [3.63, 3.8) is 0 Å². The quantitative estimate of drug-likeness (QED) is 0.477. The fourth-order valence-corrected chi connectivity index (χ4v) is 0.415. The van der Waals surface area contributed by atoms with Crippen molar-refractivity contribution in [1.82, 2.24) is 0 Å². The summed E-state index contributed by atoms with van der Waals surface area (Å²) in [5.74, 6) is -6.19. The van der Waals surface area contributed by atoms with Crippen LogP contribution >= 0.6 is 23.2 Å². The van der Waals surface area contributed by atoms with Crippen molar-refractivity contribution < 1.29 is 26.3 Å². The highest BCUT2D eigenvalue weighted by Gasteiger charge is 2.45. The smallest absolute Gasteiger partial charge is 0.202 e. The van der Waals surface area contributed by atoms with Crippen LogP contribution in [0.4, 0.5) is 26.3 Å². The minimum Gasteiger partial charge on any atom is -0.202 e. The highest BCUT2D eigenvalue weighted by atomic mass is 35.5. The first kappa shape index (κ1) is 11.9. The molecular weight excluding hydrogens is 233 g/mol. The van der Waals surface area contributed by atoms with Crippen LogP contribution in [0.3, 0.4) is 0 Å². The van der Waals surface area contributed by atoms with Crippen LogP contribution in [0.1, 0.15) is 0 Å². The summed E-state index contributed by atoms with van der Waals surface area (Å²) in [4.78, 5) is 0. The number of allylic oxidation sites excluding steroid dienone is 2. The van der Waals surface area contributed by atoms with E-state index in [2.05, 4.69) is 23.2 Å². The Hall–Kier alpha value is -0.100. The maximum atomic E-state index is 11.9. The van der Waals surface area contributed by atoms with Crippen molar-refractivity contribution in [2.24, 2.45) is 0 Å². The van der Waals surface area contributed by atoms with E-state index in [1.165, 1.54) is 0 Å². The van der Waals surface area contributed by atoms with E-state index in [9.17, 15) is 26.3 Å². The van der Waals surface area contributed by atoms with Gasteiger partial charge in [0.15, 0.2) is 0 Å². The van der Waals surface area contributed by atoms with Crippen LogP contribution in [0.25, 0.3) is 0 Å². The average molecular weight is 233 g/mol. The molecule has 0 rings (SSSR count). The zero-order valence-corrected chi connectivity index (χ0v) is 6.54. The van der Waals surface area contributed by atoms with Crippen molar-refractivity contribution >= 4 is 23.2 Å². The van der Waals surface area contributed by atoms with Crippen molar-refractivity contribution in [1.29, 1.82) is 0 Å². The first-order valence-electron chi connectivity index (χ1n) is 2.26. The SMILES string of the molecule is F/C(=C(/F)C(F)(Cl)Cl)C(F)(F)F. The molecule has 0 bridgehead atoms. The van der Waals surface area contributed by atoms with Gasteiger partial charge in [-0.3, -0.25) is 0 Å². The molecule has 0 N–H and O–H groups in total. The van der Waals surface area contributed by atoms with E-state index >= 15 is 0 Å². The minimum atomic E-state index is -5.63. The molecule has 0 radical (unpaired) electrons. The Morgan fingerprint density at radius 3 is 1.25 bits per heavy atom. The van der Waals surface area contributed by atoms with Crippen LogP contribution in [-0.4, -0.2) is 10.8 Å². The predicted molar refractivity (Wildman–Crippen MR) is 30.8 cm³/mol. The second-order valence-electron chi connectivity index (χ2n) is 1.62. The van der Waals surface area contributed by atoms with Crippen LogP contribution in [-0.2, 0) is 0 Å². The lowest BCUT2D eigenvalue weighted by atomic mass is 10.4. The summed E-state index contributed by atoms with van der Waals surface area (Å²) in [7, 11) is 0. The fraction of sp³-hybridized carbons (Fsp3) is 0.500. The van der Waals surface area contributed by atoms with Gasteiger partial charge in [0.25, 0.3) is 0 Å². The normalized spacial score (nSPS) is 16.0. The summed E-state index contributed by atoms with van der Waals surface area (Å²) in [6, 6.07) is 0. The van der Waals surface area contributed by atoms with Gasteiger partial charge in [-0.15, -0.1) is 0 Å². The molecule has 0 amide bonds. The monoisotopic (exact) mass is 232 g/mol. The summed E-state index contributed by atoms with van der Waals surface area (Å²) < 4.78 is 65.5. The molecule has 0 aliphatic heterocycles. The topological polar surface area (TPSA) is 0 Å². The van der Waals surface area contributed by atoms with E-state index < -0.39 is 22.4 Å². The van der Waals surface area contributed by atoms with E-state index in [4.69, 9.17) is 0 Å². The van der Waals surface area contributed by atoms with E-state index in [0.29, 0.717) is 0 Å². The van der Waals surface area contributed by atoms with Gasteiger partial charge in [-0.25, -0.2) is 4.39 Å². The van der Waals surface area contributed by atoms with Gasteiger partial charge in [0, 0.05) is 0 Å². The first-order chi connectivity index (χ1) is 5.07. The zero-order chi connectivity index (χ0) is 10.2. The van der Waals surface area contributed by atoms with Crippen LogP contribution in [0, 0.1) is 0 Å². The first-order valence-corrected chi connectivity index (χ1v) is 3.02. The van der Waals surface area contributed by atoms with E-state index in [1.54, 1.807) is 0 Å². The Balaban J connectivity index is 4.96. The number of rotatable bonds is 1. The second-order valence-corrected chi connectivity index (χ2v) is 2.86. The number of hydrogen-bond acceptors (Lipinski definition) is 0. The van der Waals surface area contributed by atoms with Crippen LogP contribution in [0.15, 0.2) is 11.7 Å². The highest BCUT2D eigenvalue weighted by molar-refractivity contribution is 6.48. The Morgan fingerprint density at radius 1 is 0.833 bits per heavy atom. The van der Waals surface area contributed by atoms with Gasteiger partial charge in [-0.1, -0.05) is 23.2 Å². The van der Waals surface area contributed by atoms with E-state index in [0.717, 1.165) is 0 Å². The molecular formula is C4Cl2F6. The van der Waals surface area contributed by atoms with Gasteiger partial charge < -0.3 is 0 Å². The Morgan fingerprint density at radius 2 is 1.17 bits per heavy atom. The van der Waals surface area contributed by atoms with Crippen molar-refractivity contribution in [3.8, 4) is 0 Å². The Bertz CT molecular complexity index is 177. The lowest BCUT2D eigenvalue weighted by molar-refractivity contribution is -0.112. The molecule has 0 aromatic rings. The molecule has 0 heterocycles. The molecule has 12 heavy (non-hydrogen) atoms. The second kappa shape index (κ2) is 3.33. The standard InChI is InChI=1S/C4Cl2F6/c5-3(6,9)1(7)2(8)4(10,11)12/b2-1+. The fourth-order valence-electron chi connectivity index (χ4n) is 0.249. The average Bonchev–Trinajstić information content (AvgIpc) is 1.80. The molecule has 0 saturated carbocycles. The molecule has 0 aromatic heterocycles. The Kier molecular flexibility index (Phi) is 3.31. The molecule has 8 heteroatoms. The molecule has 0 unspecified atom stereocenters. The molecule has 72 valence electrons. The van der Waals surface area contributed by atoms with E-state index in [-0.39, 0.29) is 0 Å². The number of hydrogen-bond donors (Lipinski definition) is 0. The summed E-state index contributed by atoms with van der Waals surface area (Å²) >= 11 is 8.42. The van der Waals surface area contributed by atoms with Crippen molar-refractivity contribution in [2.75, 3.05) is 0 Å². The highest BCUT2D eigenvalue weighted by Crippen LogP contribution is 2.40. The molecule has 0 fully saturated rings. The van der Waals surface area contributed by atoms with E-state index in [1.807, 2.05) is 0 Å². The van der Waals surface area contributed by atoms with Gasteiger partial charge in [0.05, 0.1) is 0 Å². The van der Waals surface area contributed by atoms with Crippen molar-refractivity contribution in [2.45, 2.75) is 10.8 Å². The number of alkyl halides is 6. The molecule has 0 spiro atoms. The third kappa shape index (κ3) is 3.10. The summed E-state index contributed by atoms with van der Waals surface area (Å²) in [6.45, 7) is 0. The molecule has 0 atom stereocenters. The van der Waals surface area contributed by atoms with Gasteiger partial charge in [0.2, 0.25) is 11.7 Å². The lowest BCUT2D eigenvalue weighted by Gasteiger charge is -2.09. The predicted octanol–water partition coefficient (Wildman–Crippen LogP) is 3.80. The van der Waals surface area contributed by atoms with Gasteiger partial charge in [0.1, 0.15) is 0 Å². The lowest BCUT2D eigenvalue weighted by Crippen LogP contribution is -2.16. The summed E-state index contributed by atoms with van der Waals surface area (Å²) in [5.41, 5.74) is 0. The molecule has 0 saturated heterocycles. The minimum absolute atomic E-state index is 2.90.